The number of hydrogen-bond donors (Lipinski definition) is 13. The van der Waals surface area contributed by atoms with Crippen LogP contribution in [0.25, 0.3) is 10.9 Å². The molecule has 26 heteroatoms. The Labute approximate surface area is 492 Å². The van der Waals surface area contributed by atoms with Gasteiger partial charge in [-0.25, -0.2) is 16.4 Å². The minimum absolute atomic E-state index is 0.0837. The predicted octanol–water partition coefficient (Wildman–Crippen LogP) is 5.39. The number of aliphatic hydroxyl groups is 1. The summed E-state index contributed by atoms with van der Waals surface area (Å²) in [5.74, 6) is 3.47. The molecule has 1 aromatic heterocycles. The number of nitrogen functional groups attached to an aromatic ring is 2. The van der Waals surface area contributed by atoms with Gasteiger partial charge in [-0.15, -0.1) is 5.10 Å². The van der Waals surface area contributed by atoms with E-state index in [9.17, 15) is 38.4 Å². The number of aldehydes is 1. The standard InChI is InChI=1S/C23H34N8O5S.C22H24ClN7O3.C5H12.C3H8.C2H6.CH4O/c1-13-7-8-15(10-16(13)21(24)29-30-25)28-22(35)14(2)27-19(33)12-26-18(32)6-4-3-5-9-31-20(34)11-17(37)23(31)36;23-19-14(5-8-17-18(19)20(24)30-22(25)29-17)10-27-15-6-3-13(4-7-15)21(33)28-16(11-31)2-1-9-26-12-32;1-3-5-4-2;1-3-2;2*1-2/h7-8,10,14,17,30,37H,3-6,9,11-12,25H2,1-2H3,(H2,24,29)(H,26,32)(H,27,33)(H,28,35);3-8,11-12,16,27H,1-2,9-10H2,(H,26,32)(H,28,33)(H4,24,25,29,30);3-5H2,1-2H3;3H2,1-2H3;1-2H3;2H,1H3. The van der Waals surface area contributed by atoms with Crippen molar-refractivity contribution in [2.75, 3.05) is 48.8 Å². The van der Waals surface area contributed by atoms with Crippen LogP contribution in [0.15, 0.2) is 59.7 Å². The number of hydrazone groups is 1. The zero-order chi connectivity index (χ0) is 62.2. The second kappa shape index (κ2) is 43.2. The molecule has 5 rings (SSSR count). The number of amidine groups is 1. The molecule has 0 bridgehead atoms. The number of aliphatic hydroxyl groups excluding tert-OH is 1. The van der Waals surface area contributed by atoms with Gasteiger partial charge in [-0.3, -0.25) is 38.5 Å². The Kier molecular flexibility index (Phi) is 39.2. The topological polar surface area (TPSA) is 386 Å². The highest BCUT2D eigenvalue weighted by Gasteiger charge is 2.35. The van der Waals surface area contributed by atoms with Crippen molar-refractivity contribution in [1.82, 2.24) is 41.7 Å². The first kappa shape index (κ1) is 74.4. The maximum absolute atomic E-state index is 12.5. The monoisotopic (exact) mass is 1180 g/mol. The lowest BCUT2D eigenvalue weighted by atomic mass is 10.1. The van der Waals surface area contributed by atoms with Crippen LogP contribution in [0, 0.1) is 6.92 Å². The number of nitrogens with zero attached hydrogens (tertiary/aromatic N) is 4. The molecule has 1 aliphatic heterocycles. The Balaban J connectivity index is 0.00000135. The number of unbranched alkanes of at least 4 members (excludes halogenated alkanes) is 4. The number of thiol groups is 1. The summed E-state index contributed by atoms with van der Waals surface area (Å²) in [6.45, 7) is 16.9. The Morgan fingerprint density at radius 1 is 0.890 bits per heavy atom. The molecule has 4 aromatic rings. The number of aryl methyl sites for hydroxylation is 1. The summed E-state index contributed by atoms with van der Waals surface area (Å²) in [6.07, 6.45) is 9.72. The second-order valence-electron chi connectivity index (χ2n) is 17.9. The highest BCUT2D eigenvalue weighted by Crippen LogP contribution is 2.31. The fourth-order valence-corrected chi connectivity index (χ4v) is 7.84. The number of fused-ring (bicyclic) bond motifs is 1. The van der Waals surface area contributed by atoms with Gasteiger partial charge in [-0.05, 0) is 93.1 Å². The van der Waals surface area contributed by atoms with Crippen LogP contribution in [-0.2, 0) is 40.1 Å². The number of likely N-dealkylation sites (tertiary alicyclic amines) is 1. The highest BCUT2D eigenvalue weighted by molar-refractivity contribution is 7.81. The van der Waals surface area contributed by atoms with E-state index < -0.39 is 29.1 Å². The van der Waals surface area contributed by atoms with Crippen LogP contribution in [0.4, 0.5) is 23.1 Å². The number of hydrazine groups is 1. The number of imide groups is 1. The first-order valence-corrected chi connectivity index (χ1v) is 28.2. The maximum atomic E-state index is 12.5. The van der Waals surface area contributed by atoms with Crippen molar-refractivity contribution in [2.45, 2.75) is 150 Å². The van der Waals surface area contributed by atoms with Crippen LogP contribution in [0.2, 0.25) is 5.02 Å². The molecule has 24 nitrogen and oxygen atoms in total. The van der Waals surface area contributed by atoms with Crippen molar-refractivity contribution in [2.24, 2.45) is 16.7 Å². The van der Waals surface area contributed by atoms with Crippen LogP contribution >= 0.6 is 24.2 Å². The third kappa shape index (κ3) is 27.7. The molecule has 1 aliphatic rings. The molecular formula is C56H88ClN15O9S. The van der Waals surface area contributed by atoms with Gasteiger partial charge < -0.3 is 59.0 Å². The number of amides is 7. The van der Waals surface area contributed by atoms with E-state index in [2.05, 4.69) is 92.8 Å². The van der Waals surface area contributed by atoms with Gasteiger partial charge in [0, 0.05) is 62.1 Å². The van der Waals surface area contributed by atoms with Crippen LogP contribution in [0.3, 0.4) is 0 Å². The van der Waals surface area contributed by atoms with Gasteiger partial charge in [0.05, 0.1) is 33.8 Å². The molecule has 0 spiro atoms. The summed E-state index contributed by atoms with van der Waals surface area (Å²) >= 11 is 10.6. The summed E-state index contributed by atoms with van der Waals surface area (Å²) in [7, 11) is 1.00. The average Bonchev–Trinajstić information content (AvgIpc) is 3.89. The van der Waals surface area contributed by atoms with E-state index in [4.69, 9.17) is 39.8 Å². The van der Waals surface area contributed by atoms with Crippen molar-refractivity contribution in [3.63, 3.8) is 0 Å². The number of nitrogens with two attached hydrogens (primary N) is 4. The van der Waals surface area contributed by atoms with E-state index in [-0.39, 0.29) is 60.6 Å². The van der Waals surface area contributed by atoms with Crippen molar-refractivity contribution in [3.8, 4) is 0 Å². The molecule has 16 N–H and O–H groups in total. The van der Waals surface area contributed by atoms with Crippen LogP contribution < -0.4 is 60.5 Å². The molecule has 82 heavy (non-hydrogen) atoms. The molecular weight excluding hydrogens is 1090 g/mol. The second-order valence-corrected chi connectivity index (χ2v) is 18.9. The Hall–Kier alpha value is -7.61. The van der Waals surface area contributed by atoms with E-state index in [0.717, 1.165) is 23.9 Å². The molecule has 2 heterocycles. The molecule has 0 saturated carbocycles. The summed E-state index contributed by atoms with van der Waals surface area (Å²) in [6, 6.07) is 14.0. The summed E-state index contributed by atoms with van der Waals surface area (Å²) in [5, 5.41) is 27.3. The van der Waals surface area contributed by atoms with Crippen molar-refractivity contribution >= 4 is 112 Å². The van der Waals surface area contributed by atoms with E-state index in [1.54, 1.807) is 48.5 Å². The summed E-state index contributed by atoms with van der Waals surface area (Å²) in [5.41, 5.74) is 24.0. The normalized spacial score (nSPS) is 12.9. The van der Waals surface area contributed by atoms with Gasteiger partial charge in [0.2, 0.25) is 41.9 Å². The Bertz CT molecular complexity index is 2650. The number of carbonyl (C=O) groups excluding carboxylic acids is 8. The largest absolute Gasteiger partial charge is 0.400 e. The van der Waals surface area contributed by atoms with E-state index >= 15 is 0 Å². The lowest BCUT2D eigenvalue weighted by molar-refractivity contribution is -0.138. The van der Waals surface area contributed by atoms with Crippen LogP contribution in [-0.4, -0.2) is 118 Å². The Morgan fingerprint density at radius 3 is 2.11 bits per heavy atom. The van der Waals surface area contributed by atoms with E-state index in [1.807, 2.05) is 26.8 Å². The molecule has 454 valence electrons. The SMILES string of the molecule is CC.CCC.CCCCC.CO.Cc1ccc(NC(=O)C(C)NC(=O)CNC(=O)CCCCCN2C(=O)CC(S)C2=O)cc1/C(N)=N/NN.Nc1nc(N)c2c(Cl)c(CNc3ccc(C(=O)NC(C=O)CCCNC=O)cc3)ccc2n1. The van der Waals surface area contributed by atoms with Crippen LogP contribution in [0.5, 0.6) is 0 Å². The fraction of sp³-hybridized carbons (Fsp3) is 0.482. The minimum atomic E-state index is -0.862. The quantitative estimate of drug-likeness (QED) is 0.00548. The molecule has 3 atom stereocenters. The number of rotatable bonds is 26. The first-order valence-electron chi connectivity index (χ1n) is 27.3. The van der Waals surface area contributed by atoms with Gasteiger partial charge >= 0.3 is 0 Å². The van der Waals surface area contributed by atoms with E-state index in [1.165, 1.54) is 37.5 Å². The van der Waals surface area contributed by atoms with Crippen molar-refractivity contribution < 1.29 is 43.5 Å². The zero-order valence-electron chi connectivity index (χ0n) is 48.8. The smallest absolute Gasteiger partial charge is 0.251 e. The number of carbonyl (C=O) groups is 8. The minimum Gasteiger partial charge on any atom is -0.400 e. The average molecular weight is 1180 g/mol. The number of anilines is 4. The van der Waals surface area contributed by atoms with Crippen molar-refractivity contribution in [1.29, 1.82) is 0 Å². The zero-order valence-corrected chi connectivity index (χ0v) is 50.5. The first-order chi connectivity index (χ1) is 39.3. The third-order valence-corrected chi connectivity index (χ3v) is 12.2. The van der Waals surface area contributed by atoms with Gasteiger partial charge in [0.25, 0.3) is 5.91 Å². The number of halogens is 1. The Morgan fingerprint density at radius 2 is 1.54 bits per heavy atom. The molecule has 7 amide bonds. The molecule has 1 saturated heterocycles. The molecule has 0 radical (unpaired) electrons. The summed E-state index contributed by atoms with van der Waals surface area (Å²) < 4.78 is 0. The van der Waals surface area contributed by atoms with Gasteiger partial charge in [0.1, 0.15) is 18.1 Å². The molecule has 1 fully saturated rings. The van der Waals surface area contributed by atoms with Crippen LogP contribution in [0.1, 0.15) is 146 Å². The predicted molar refractivity (Wildman–Crippen MR) is 329 cm³/mol. The maximum Gasteiger partial charge on any atom is 0.251 e. The molecule has 3 unspecified atom stereocenters. The fourth-order valence-electron chi connectivity index (χ4n) is 7.22. The lowest BCUT2D eigenvalue weighted by Gasteiger charge is -2.15. The van der Waals surface area contributed by atoms with Gasteiger partial charge in [-0.1, -0.05) is 97.4 Å². The third-order valence-electron chi connectivity index (χ3n) is 11.4. The number of aromatic nitrogens is 2. The summed E-state index contributed by atoms with van der Waals surface area (Å²) in [4.78, 5) is 103. The lowest BCUT2D eigenvalue weighted by Crippen LogP contribution is -2.45. The number of hydrogen-bond acceptors (Lipinski definition) is 18. The molecule has 0 aliphatic carbocycles. The van der Waals surface area contributed by atoms with Crippen molar-refractivity contribution in [3.05, 3.63) is 81.9 Å². The van der Waals surface area contributed by atoms with Gasteiger partial charge in [0.15, 0.2) is 5.84 Å². The van der Waals surface area contributed by atoms with Gasteiger partial charge in [-0.2, -0.15) is 17.6 Å². The highest BCUT2D eigenvalue weighted by atomic mass is 35.5. The van der Waals surface area contributed by atoms with E-state index in [0.29, 0.717) is 97.2 Å². The molecule has 3 aromatic carbocycles. The number of benzene rings is 3. The number of nitrogens with one attached hydrogen (secondary N) is 7.